The fourth-order valence-corrected chi connectivity index (χ4v) is 5.39. The molecule has 0 aromatic heterocycles. The van der Waals surface area contributed by atoms with Gasteiger partial charge in [0.05, 0.1) is 6.61 Å². The van der Waals surface area contributed by atoms with Crippen molar-refractivity contribution in [2.45, 2.75) is 71.2 Å². The van der Waals surface area contributed by atoms with Gasteiger partial charge in [-0.3, -0.25) is 0 Å². The van der Waals surface area contributed by atoms with Gasteiger partial charge in [-0.15, -0.1) is 0 Å². The topological polar surface area (TPSA) is 9.23 Å². The summed E-state index contributed by atoms with van der Waals surface area (Å²) in [7, 11) is -2.59. The van der Waals surface area contributed by atoms with Gasteiger partial charge in [-0.2, -0.15) is 0 Å². The average Bonchev–Trinajstić information content (AvgIpc) is 2.57. The molecule has 0 fully saturated rings. The van der Waals surface area contributed by atoms with Crippen LogP contribution in [0.25, 0.3) is 6.08 Å². The van der Waals surface area contributed by atoms with Crippen molar-refractivity contribution in [1.29, 1.82) is 0 Å². The van der Waals surface area contributed by atoms with Gasteiger partial charge in [0.2, 0.25) is 0 Å². The molecule has 1 aliphatic carbocycles. The summed E-state index contributed by atoms with van der Waals surface area (Å²) in [5.74, 6) is 0. The molecule has 1 aromatic carbocycles. The van der Waals surface area contributed by atoms with Gasteiger partial charge in [0.1, 0.15) is 0 Å². The second-order valence-corrected chi connectivity index (χ2v) is 19.3. The fraction of sp³-hybridized carbons (Fsp3) is 0.579. The summed E-state index contributed by atoms with van der Waals surface area (Å²) in [6.07, 6.45) is 2.47. The number of benzene rings is 1. The highest BCUT2D eigenvalue weighted by Crippen LogP contribution is 2.45. The van der Waals surface area contributed by atoms with Crippen LogP contribution in [0.3, 0.4) is 0 Å². The third-order valence-corrected chi connectivity index (χ3v) is 6.82. The number of fused-ring (bicyclic) bond motifs is 1. The summed E-state index contributed by atoms with van der Waals surface area (Å²) in [5, 5.41) is 0. The second-order valence-electron chi connectivity index (χ2n) is 9.31. The van der Waals surface area contributed by atoms with E-state index in [1.54, 1.807) is 5.57 Å². The molecule has 0 saturated carbocycles. The Balaban J connectivity index is 2.36. The van der Waals surface area contributed by atoms with Crippen LogP contribution in [0.15, 0.2) is 23.8 Å². The van der Waals surface area contributed by atoms with Gasteiger partial charge >= 0.3 is 0 Å². The first-order valence-electron chi connectivity index (χ1n) is 8.37. The van der Waals surface area contributed by atoms with E-state index in [1.807, 2.05) is 0 Å². The van der Waals surface area contributed by atoms with E-state index in [-0.39, 0.29) is 5.41 Å². The van der Waals surface area contributed by atoms with E-state index in [0.717, 1.165) is 6.61 Å². The molecule has 22 heavy (non-hydrogen) atoms. The molecule has 1 aliphatic rings. The molecule has 2 rings (SSSR count). The molecule has 0 spiro atoms. The lowest BCUT2D eigenvalue weighted by atomic mass is 9.81. The first-order valence-corrected chi connectivity index (χ1v) is 15.5. The van der Waals surface area contributed by atoms with Crippen molar-refractivity contribution in [2.24, 2.45) is 0 Å². The molecule has 0 radical (unpaired) electrons. The van der Waals surface area contributed by atoms with Crippen LogP contribution in [0.5, 0.6) is 0 Å². The second kappa shape index (κ2) is 5.77. The van der Waals surface area contributed by atoms with Crippen molar-refractivity contribution in [2.75, 3.05) is 0 Å². The predicted octanol–water partition coefficient (Wildman–Crippen LogP) is 6.05. The Kier molecular flexibility index (Phi) is 4.64. The minimum absolute atomic E-state index is 0.171. The fourth-order valence-electron chi connectivity index (χ4n) is 3.12. The molecular weight excluding hydrogens is 300 g/mol. The lowest BCUT2D eigenvalue weighted by Gasteiger charge is -2.29. The lowest BCUT2D eigenvalue weighted by molar-refractivity contribution is 0.299. The molecule has 3 heteroatoms. The summed E-state index contributed by atoms with van der Waals surface area (Å²) >= 11 is 0. The van der Waals surface area contributed by atoms with Crippen LogP contribution in [0, 0.1) is 0 Å². The van der Waals surface area contributed by atoms with Gasteiger partial charge in [0.15, 0.2) is 8.32 Å². The van der Waals surface area contributed by atoms with E-state index in [1.165, 1.54) is 22.7 Å². The van der Waals surface area contributed by atoms with Gasteiger partial charge in [0, 0.05) is 13.5 Å². The minimum atomic E-state index is -1.48. The minimum Gasteiger partial charge on any atom is -0.413 e. The zero-order valence-electron chi connectivity index (χ0n) is 15.6. The van der Waals surface area contributed by atoms with E-state index in [9.17, 15) is 0 Å². The molecule has 0 amide bonds. The molecule has 0 bridgehead atoms. The zero-order valence-corrected chi connectivity index (χ0v) is 17.6. The monoisotopic (exact) mass is 332 g/mol. The van der Waals surface area contributed by atoms with Crippen LogP contribution in [0.4, 0.5) is 0 Å². The maximum absolute atomic E-state index is 6.16. The van der Waals surface area contributed by atoms with Crippen LogP contribution >= 0.6 is 0 Å². The van der Waals surface area contributed by atoms with Gasteiger partial charge in [-0.1, -0.05) is 63.3 Å². The van der Waals surface area contributed by atoms with E-state index >= 15 is 0 Å². The highest BCUT2D eigenvalue weighted by molar-refractivity contribution is 6.76. The predicted molar refractivity (Wildman–Crippen MR) is 104 cm³/mol. The van der Waals surface area contributed by atoms with Crippen molar-refractivity contribution < 1.29 is 4.43 Å². The standard InChI is InChI=1S/C19H32OSi2/c1-19(2)16(14-21(3,4)5)12-17-15(10-9-11-18(17)19)13-20-22(6,7)8/h9-12H,13-14H2,1-8H3. The van der Waals surface area contributed by atoms with Crippen LogP contribution in [0.2, 0.25) is 45.3 Å². The molecule has 1 aromatic rings. The molecule has 0 heterocycles. The third kappa shape index (κ3) is 4.00. The number of hydrogen-bond donors (Lipinski definition) is 0. The van der Waals surface area contributed by atoms with Gasteiger partial charge < -0.3 is 4.43 Å². The molecule has 122 valence electrons. The quantitative estimate of drug-likeness (QED) is 0.596. The highest BCUT2D eigenvalue weighted by Gasteiger charge is 2.35. The molecule has 0 unspecified atom stereocenters. The van der Waals surface area contributed by atoms with E-state index in [0.29, 0.717) is 0 Å². The van der Waals surface area contributed by atoms with Gasteiger partial charge in [-0.05, 0) is 42.4 Å². The Morgan fingerprint density at radius 2 is 1.64 bits per heavy atom. The molecule has 1 nitrogen and oxygen atoms in total. The maximum atomic E-state index is 6.16. The lowest BCUT2D eigenvalue weighted by Crippen LogP contribution is -2.26. The van der Waals surface area contributed by atoms with Crippen molar-refractivity contribution >= 4 is 22.5 Å². The van der Waals surface area contributed by atoms with Gasteiger partial charge in [-0.25, -0.2) is 0 Å². The van der Waals surface area contributed by atoms with Crippen LogP contribution in [-0.4, -0.2) is 16.4 Å². The summed E-state index contributed by atoms with van der Waals surface area (Å²) in [6, 6.07) is 8.03. The molecule has 0 N–H and O–H groups in total. The number of hydrogen-bond acceptors (Lipinski definition) is 1. The number of allylic oxidation sites excluding steroid dienone is 1. The van der Waals surface area contributed by atoms with Crippen molar-refractivity contribution in [3.05, 3.63) is 40.5 Å². The molecule has 0 atom stereocenters. The largest absolute Gasteiger partial charge is 0.413 e. The highest BCUT2D eigenvalue weighted by atomic mass is 28.4. The van der Waals surface area contributed by atoms with Crippen molar-refractivity contribution in [3.8, 4) is 0 Å². The smallest absolute Gasteiger partial charge is 0.184 e. The maximum Gasteiger partial charge on any atom is 0.184 e. The first kappa shape index (κ1) is 17.7. The normalized spacial score (nSPS) is 17.4. The Hall–Kier alpha value is -0.646. The summed E-state index contributed by atoms with van der Waals surface area (Å²) < 4.78 is 6.16. The van der Waals surface area contributed by atoms with Crippen molar-refractivity contribution in [3.63, 3.8) is 0 Å². The van der Waals surface area contributed by atoms with E-state index in [2.05, 4.69) is 77.4 Å². The van der Waals surface area contributed by atoms with Gasteiger partial charge in [0.25, 0.3) is 0 Å². The average molecular weight is 333 g/mol. The Morgan fingerprint density at radius 3 is 2.18 bits per heavy atom. The first-order chi connectivity index (χ1) is 9.90. The van der Waals surface area contributed by atoms with Crippen molar-refractivity contribution in [1.82, 2.24) is 0 Å². The van der Waals surface area contributed by atoms with Crippen LogP contribution in [0.1, 0.15) is 30.5 Å². The Labute approximate surface area is 138 Å². The molecule has 0 aliphatic heterocycles. The van der Waals surface area contributed by atoms with E-state index in [4.69, 9.17) is 4.43 Å². The number of rotatable bonds is 5. The summed E-state index contributed by atoms with van der Waals surface area (Å²) in [6.45, 7) is 19.7. The third-order valence-electron chi connectivity index (χ3n) is 4.37. The summed E-state index contributed by atoms with van der Waals surface area (Å²) in [4.78, 5) is 0. The Morgan fingerprint density at radius 1 is 1.00 bits per heavy atom. The molecule has 0 saturated heterocycles. The summed E-state index contributed by atoms with van der Waals surface area (Å²) in [5.41, 5.74) is 6.06. The van der Waals surface area contributed by atoms with Crippen LogP contribution in [-0.2, 0) is 16.4 Å². The molecular formula is C19H32OSi2. The zero-order chi connectivity index (χ0) is 16.8. The Bertz CT molecular complexity index is 586. The van der Waals surface area contributed by atoms with E-state index < -0.39 is 16.4 Å². The SMILES string of the molecule is CC1(C)C(C[Si](C)(C)C)=Cc2c(CO[Si](C)(C)C)cccc21. The van der Waals surface area contributed by atoms with Crippen LogP contribution < -0.4 is 0 Å².